The standard InChI is InChI=1S/C8H9BrO/c1-2-10-8-5-3-4-7(9)6-8/h3-6H,2H2,1H3/i1D3,2D2. The zero-order valence-corrected chi connectivity index (χ0v) is 6.68. The quantitative estimate of drug-likeness (QED) is 0.722. The molecule has 0 saturated heterocycles. The summed E-state index contributed by atoms with van der Waals surface area (Å²) in [6, 6.07) is 6.37. The van der Waals surface area contributed by atoms with Crippen LogP contribution in [-0.4, -0.2) is 6.56 Å². The summed E-state index contributed by atoms with van der Waals surface area (Å²) in [5, 5.41) is 0. The van der Waals surface area contributed by atoms with Crippen LogP contribution in [0.5, 0.6) is 5.75 Å². The fourth-order valence-corrected chi connectivity index (χ4v) is 0.968. The summed E-state index contributed by atoms with van der Waals surface area (Å²) in [6.45, 7) is -5.50. The summed E-state index contributed by atoms with van der Waals surface area (Å²) in [5.74, 6) is 0.172. The minimum absolute atomic E-state index is 0.172. The van der Waals surface area contributed by atoms with Crippen molar-refractivity contribution in [2.45, 2.75) is 6.85 Å². The number of halogens is 1. The first-order valence-electron chi connectivity index (χ1n) is 5.17. The first-order chi connectivity index (χ1) is 6.72. The van der Waals surface area contributed by atoms with Gasteiger partial charge in [-0.25, -0.2) is 0 Å². The molecule has 0 heterocycles. The van der Waals surface area contributed by atoms with Crippen LogP contribution in [0.3, 0.4) is 0 Å². The Morgan fingerprint density at radius 2 is 2.70 bits per heavy atom. The molecule has 0 amide bonds. The van der Waals surface area contributed by atoms with Crippen LogP contribution in [0.15, 0.2) is 28.7 Å². The summed E-state index contributed by atoms with van der Waals surface area (Å²) in [6.07, 6.45) is 0. The van der Waals surface area contributed by atoms with Crippen molar-refractivity contribution in [1.29, 1.82) is 0 Å². The average molecular weight is 206 g/mol. The molecule has 2 heteroatoms. The molecule has 0 spiro atoms. The van der Waals surface area contributed by atoms with Crippen LogP contribution in [0.2, 0.25) is 0 Å². The van der Waals surface area contributed by atoms with Gasteiger partial charge in [0.05, 0.1) is 9.30 Å². The second-order valence-electron chi connectivity index (χ2n) is 1.66. The molecule has 0 bridgehead atoms. The third-order valence-electron chi connectivity index (χ3n) is 0.965. The first kappa shape index (κ1) is 3.26. The molecule has 0 unspecified atom stereocenters. The molecule has 0 atom stereocenters. The zero-order chi connectivity index (χ0) is 11.7. The van der Waals surface area contributed by atoms with E-state index in [1.54, 1.807) is 12.1 Å². The van der Waals surface area contributed by atoms with Crippen molar-refractivity contribution in [3.63, 3.8) is 0 Å². The number of rotatable bonds is 2. The number of ether oxygens (including phenoxy) is 1. The van der Waals surface area contributed by atoms with E-state index in [1.807, 2.05) is 0 Å². The fraction of sp³-hybridized carbons (Fsp3) is 0.250. The summed E-state index contributed by atoms with van der Waals surface area (Å²) >= 11 is 3.18. The van der Waals surface area contributed by atoms with Gasteiger partial charge in [-0.15, -0.1) is 0 Å². The summed E-state index contributed by atoms with van der Waals surface area (Å²) in [7, 11) is 0. The zero-order valence-electron chi connectivity index (χ0n) is 10.1. The number of hydrogen-bond acceptors (Lipinski definition) is 1. The monoisotopic (exact) mass is 205 g/mol. The summed E-state index contributed by atoms with van der Waals surface area (Å²) in [5.41, 5.74) is 0. The van der Waals surface area contributed by atoms with E-state index in [4.69, 9.17) is 11.6 Å². The Bertz CT molecular complexity index is 349. The van der Waals surface area contributed by atoms with Gasteiger partial charge in [0, 0.05) is 8.58 Å². The van der Waals surface area contributed by atoms with Crippen LogP contribution < -0.4 is 4.74 Å². The van der Waals surface area contributed by atoms with Crippen molar-refractivity contribution in [3.8, 4) is 5.75 Å². The average Bonchev–Trinajstić information content (AvgIpc) is 2.00. The molecule has 0 aromatic heterocycles. The van der Waals surface area contributed by atoms with Crippen molar-refractivity contribution < 1.29 is 11.6 Å². The Kier molecular flexibility index (Phi) is 1.18. The van der Waals surface area contributed by atoms with E-state index >= 15 is 0 Å². The molecule has 1 rings (SSSR count). The third-order valence-corrected chi connectivity index (χ3v) is 1.46. The normalized spacial score (nSPS) is 19.5. The molecule has 0 fully saturated rings. The van der Waals surface area contributed by atoms with Crippen LogP contribution in [-0.2, 0) is 0 Å². The van der Waals surface area contributed by atoms with Crippen LogP contribution in [0.1, 0.15) is 13.7 Å². The van der Waals surface area contributed by atoms with E-state index in [0.717, 1.165) is 0 Å². The molecule has 54 valence electrons. The fourth-order valence-electron chi connectivity index (χ4n) is 0.589. The van der Waals surface area contributed by atoms with E-state index in [0.29, 0.717) is 4.47 Å². The second kappa shape index (κ2) is 3.62. The molecular formula is C8H9BrO. The predicted octanol–water partition coefficient (Wildman–Crippen LogP) is 2.85. The highest BCUT2D eigenvalue weighted by atomic mass is 79.9. The van der Waals surface area contributed by atoms with E-state index < -0.39 is 13.4 Å². The van der Waals surface area contributed by atoms with Gasteiger partial charge in [-0.3, -0.25) is 0 Å². The lowest BCUT2D eigenvalue weighted by atomic mass is 10.3. The van der Waals surface area contributed by atoms with E-state index in [9.17, 15) is 0 Å². The number of hydrogen-bond donors (Lipinski definition) is 0. The van der Waals surface area contributed by atoms with Gasteiger partial charge in [0.15, 0.2) is 0 Å². The van der Waals surface area contributed by atoms with Crippen molar-refractivity contribution in [3.05, 3.63) is 28.7 Å². The smallest absolute Gasteiger partial charge is 0.120 e. The molecule has 1 aromatic carbocycles. The largest absolute Gasteiger partial charge is 0.494 e. The van der Waals surface area contributed by atoms with Crippen LogP contribution in [0.25, 0.3) is 0 Å². The van der Waals surface area contributed by atoms with Crippen molar-refractivity contribution in [1.82, 2.24) is 0 Å². The Balaban J connectivity index is 2.87. The maximum Gasteiger partial charge on any atom is 0.120 e. The van der Waals surface area contributed by atoms with Gasteiger partial charge in [0.25, 0.3) is 0 Å². The van der Waals surface area contributed by atoms with Crippen molar-refractivity contribution in [2.75, 3.05) is 6.56 Å². The highest BCUT2D eigenvalue weighted by molar-refractivity contribution is 9.10. The Morgan fingerprint density at radius 1 is 1.80 bits per heavy atom. The lowest BCUT2D eigenvalue weighted by molar-refractivity contribution is 0.340. The Labute approximate surface area is 76.2 Å². The molecule has 0 aliphatic carbocycles. The van der Waals surface area contributed by atoms with Gasteiger partial charge in [-0.05, 0) is 25.1 Å². The van der Waals surface area contributed by atoms with Gasteiger partial charge in [0.2, 0.25) is 0 Å². The molecule has 1 aromatic rings. The van der Waals surface area contributed by atoms with Gasteiger partial charge in [-0.2, -0.15) is 0 Å². The predicted molar refractivity (Wildman–Crippen MR) is 45.3 cm³/mol. The number of benzene rings is 1. The Hall–Kier alpha value is -0.500. The second-order valence-corrected chi connectivity index (χ2v) is 2.58. The van der Waals surface area contributed by atoms with Crippen molar-refractivity contribution >= 4 is 15.9 Å². The van der Waals surface area contributed by atoms with E-state index in [2.05, 4.69) is 15.9 Å². The van der Waals surface area contributed by atoms with Crippen molar-refractivity contribution in [2.24, 2.45) is 0 Å². The first-order valence-corrected chi connectivity index (χ1v) is 3.46. The molecule has 0 saturated carbocycles. The lowest BCUT2D eigenvalue weighted by Crippen LogP contribution is -1.89. The topological polar surface area (TPSA) is 9.23 Å². The maximum atomic E-state index is 7.25. The van der Waals surface area contributed by atoms with Crippen LogP contribution >= 0.6 is 15.9 Å². The molecular weight excluding hydrogens is 192 g/mol. The Morgan fingerprint density at radius 3 is 3.40 bits per heavy atom. The molecule has 0 aliphatic rings. The maximum absolute atomic E-state index is 7.25. The molecule has 0 radical (unpaired) electrons. The van der Waals surface area contributed by atoms with Crippen LogP contribution in [0.4, 0.5) is 0 Å². The molecule has 10 heavy (non-hydrogen) atoms. The molecule has 0 N–H and O–H groups in total. The minimum Gasteiger partial charge on any atom is -0.494 e. The van der Waals surface area contributed by atoms with Gasteiger partial charge in [0.1, 0.15) is 5.75 Å². The van der Waals surface area contributed by atoms with E-state index in [-0.39, 0.29) is 5.75 Å². The third kappa shape index (κ3) is 2.03. The highest BCUT2D eigenvalue weighted by Crippen LogP contribution is 2.17. The summed E-state index contributed by atoms with van der Waals surface area (Å²) in [4.78, 5) is 0. The van der Waals surface area contributed by atoms with Gasteiger partial charge in [-0.1, -0.05) is 22.0 Å². The van der Waals surface area contributed by atoms with Gasteiger partial charge >= 0.3 is 0 Å². The molecule has 1 nitrogen and oxygen atoms in total. The van der Waals surface area contributed by atoms with E-state index in [1.165, 1.54) is 12.1 Å². The SMILES string of the molecule is [2H]C([2H])([2H])C([2H])([2H])Oc1cccc(Br)c1. The van der Waals surface area contributed by atoms with Gasteiger partial charge < -0.3 is 4.74 Å². The highest BCUT2D eigenvalue weighted by Gasteiger charge is 1.90. The molecule has 0 aliphatic heterocycles. The lowest BCUT2D eigenvalue weighted by Gasteiger charge is -2.01. The summed E-state index contributed by atoms with van der Waals surface area (Å²) < 4.78 is 40.9. The van der Waals surface area contributed by atoms with Crippen LogP contribution in [0, 0.1) is 0 Å². The minimum atomic E-state index is -2.81.